The Balaban J connectivity index is 2.22. The van der Waals surface area contributed by atoms with Crippen LogP contribution in [0.2, 0.25) is 10.0 Å². The van der Waals surface area contributed by atoms with Gasteiger partial charge in [-0.1, -0.05) is 63.2 Å². The number of halogens is 2. The van der Waals surface area contributed by atoms with Gasteiger partial charge in [0, 0.05) is 5.02 Å². The summed E-state index contributed by atoms with van der Waals surface area (Å²) in [5.41, 5.74) is 0. The molecule has 1 aromatic carbocycles. The highest BCUT2D eigenvalue weighted by Gasteiger charge is 2.06. The number of hydrogen-bond donors (Lipinski definition) is 0. The predicted molar refractivity (Wildman–Crippen MR) is 84.4 cm³/mol. The van der Waals surface area contributed by atoms with Crippen LogP contribution in [0.5, 0.6) is 5.75 Å². The average molecular weight is 303 g/mol. The third-order valence-electron chi connectivity index (χ3n) is 3.24. The van der Waals surface area contributed by atoms with Gasteiger partial charge in [0.05, 0.1) is 11.6 Å². The normalized spacial score (nSPS) is 12.7. The number of hydrogen-bond acceptors (Lipinski definition) is 1. The Morgan fingerprint density at radius 3 is 2.42 bits per heavy atom. The molecule has 0 aliphatic carbocycles. The monoisotopic (exact) mass is 302 g/mol. The molecular formula is C16H24Cl2O. The Bertz CT molecular complexity index is 377. The molecule has 1 aromatic rings. The van der Waals surface area contributed by atoms with E-state index in [1.54, 1.807) is 12.1 Å². The molecule has 0 heterocycles. The molecule has 0 saturated heterocycles. The van der Waals surface area contributed by atoms with Crippen molar-refractivity contribution in [3.8, 4) is 5.75 Å². The molecule has 1 nitrogen and oxygen atoms in total. The fraction of sp³-hybridized carbons (Fsp3) is 0.625. The lowest BCUT2D eigenvalue weighted by Gasteiger charge is -2.13. The molecule has 0 aliphatic heterocycles. The SMILES string of the molecule is CC(C)CCCC(C)CCOc1ccc(Cl)cc1Cl. The van der Waals surface area contributed by atoms with Crippen molar-refractivity contribution in [1.82, 2.24) is 0 Å². The molecule has 0 spiro atoms. The highest BCUT2D eigenvalue weighted by atomic mass is 35.5. The van der Waals surface area contributed by atoms with Gasteiger partial charge in [-0.25, -0.2) is 0 Å². The Labute approximate surface area is 127 Å². The van der Waals surface area contributed by atoms with E-state index in [-0.39, 0.29) is 0 Å². The van der Waals surface area contributed by atoms with Gasteiger partial charge in [-0.05, 0) is 36.5 Å². The van der Waals surface area contributed by atoms with Crippen LogP contribution in [0.15, 0.2) is 18.2 Å². The summed E-state index contributed by atoms with van der Waals surface area (Å²) in [4.78, 5) is 0. The van der Waals surface area contributed by atoms with E-state index in [1.807, 2.05) is 6.07 Å². The van der Waals surface area contributed by atoms with Gasteiger partial charge in [-0.3, -0.25) is 0 Å². The van der Waals surface area contributed by atoms with Crippen LogP contribution in [0.4, 0.5) is 0 Å². The predicted octanol–water partition coefficient (Wildman–Crippen LogP) is 6.22. The Morgan fingerprint density at radius 2 is 1.79 bits per heavy atom. The molecule has 0 amide bonds. The second kappa shape index (κ2) is 8.71. The molecule has 0 bridgehead atoms. The van der Waals surface area contributed by atoms with Gasteiger partial charge in [-0.2, -0.15) is 0 Å². The van der Waals surface area contributed by atoms with Gasteiger partial charge in [0.1, 0.15) is 5.75 Å². The maximum atomic E-state index is 6.05. The van der Waals surface area contributed by atoms with Crippen LogP contribution in [0.3, 0.4) is 0 Å². The molecule has 0 N–H and O–H groups in total. The summed E-state index contributed by atoms with van der Waals surface area (Å²) in [6, 6.07) is 5.34. The minimum absolute atomic E-state index is 0.583. The zero-order valence-electron chi connectivity index (χ0n) is 12.1. The van der Waals surface area contributed by atoms with Crippen LogP contribution in [-0.4, -0.2) is 6.61 Å². The second-order valence-corrected chi connectivity index (χ2v) is 6.49. The molecule has 1 unspecified atom stereocenters. The first-order valence-electron chi connectivity index (χ1n) is 7.07. The summed E-state index contributed by atoms with van der Waals surface area (Å²) >= 11 is 11.9. The molecule has 0 saturated carbocycles. The lowest BCUT2D eigenvalue weighted by atomic mass is 9.98. The molecule has 1 rings (SSSR count). The topological polar surface area (TPSA) is 9.23 Å². The summed E-state index contributed by atoms with van der Waals surface area (Å²) < 4.78 is 5.70. The third-order valence-corrected chi connectivity index (χ3v) is 3.77. The molecular weight excluding hydrogens is 279 g/mol. The minimum atomic E-state index is 0.583. The van der Waals surface area contributed by atoms with E-state index in [1.165, 1.54) is 19.3 Å². The number of rotatable bonds is 8. The fourth-order valence-corrected chi connectivity index (χ4v) is 2.44. The van der Waals surface area contributed by atoms with Gasteiger partial charge in [0.15, 0.2) is 0 Å². The first-order chi connectivity index (χ1) is 8.99. The second-order valence-electron chi connectivity index (χ2n) is 5.64. The van der Waals surface area contributed by atoms with Gasteiger partial charge in [-0.15, -0.1) is 0 Å². The molecule has 108 valence electrons. The molecule has 0 fully saturated rings. The lowest BCUT2D eigenvalue weighted by molar-refractivity contribution is 0.276. The minimum Gasteiger partial charge on any atom is -0.492 e. The summed E-state index contributed by atoms with van der Waals surface area (Å²) in [5.74, 6) is 2.22. The van der Waals surface area contributed by atoms with Crippen molar-refractivity contribution in [3.05, 3.63) is 28.2 Å². The summed E-state index contributed by atoms with van der Waals surface area (Å²) in [6.45, 7) is 7.55. The van der Waals surface area contributed by atoms with Gasteiger partial charge >= 0.3 is 0 Å². The zero-order chi connectivity index (χ0) is 14.3. The lowest BCUT2D eigenvalue weighted by Crippen LogP contribution is -2.05. The van der Waals surface area contributed by atoms with E-state index in [2.05, 4.69) is 20.8 Å². The zero-order valence-corrected chi connectivity index (χ0v) is 13.6. The maximum absolute atomic E-state index is 6.05. The smallest absolute Gasteiger partial charge is 0.137 e. The van der Waals surface area contributed by atoms with Crippen molar-refractivity contribution in [3.63, 3.8) is 0 Å². The maximum Gasteiger partial charge on any atom is 0.137 e. The van der Waals surface area contributed by atoms with Crippen molar-refractivity contribution in [2.45, 2.75) is 46.5 Å². The van der Waals surface area contributed by atoms with Crippen LogP contribution in [-0.2, 0) is 0 Å². The van der Waals surface area contributed by atoms with Crippen molar-refractivity contribution in [2.75, 3.05) is 6.61 Å². The van der Waals surface area contributed by atoms with Crippen LogP contribution in [0, 0.1) is 11.8 Å². The highest BCUT2D eigenvalue weighted by Crippen LogP contribution is 2.28. The van der Waals surface area contributed by atoms with Crippen molar-refractivity contribution in [1.29, 1.82) is 0 Å². The Kier molecular flexibility index (Phi) is 7.63. The fourth-order valence-electron chi connectivity index (χ4n) is 1.98. The molecule has 19 heavy (non-hydrogen) atoms. The van der Waals surface area contributed by atoms with Crippen LogP contribution in [0.1, 0.15) is 46.5 Å². The van der Waals surface area contributed by atoms with E-state index in [0.29, 0.717) is 22.6 Å². The van der Waals surface area contributed by atoms with Gasteiger partial charge in [0.2, 0.25) is 0 Å². The summed E-state index contributed by atoms with van der Waals surface area (Å²) in [6.07, 6.45) is 4.96. The van der Waals surface area contributed by atoms with Crippen LogP contribution < -0.4 is 4.74 Å². The third kappa shape index (κ3) is 7.08. The highest BCUT2D eigenvalue weighted by molar-refractivity contribution is 6.35. The largest absolute Gasteiger partial charge is 0.492 e. The van der Waals surface area contributed by atoms with Crippen molar-refractivity contribution < 1.29 is 4.74 Å². The average Bonchev–Trinajstić information content (AvgIpc) is 2.31. The van der Waals surface area contributed by atoms with Gasteiger partial charge < -0.3 is 4.74 Å². The Morgan fingerprint density at radius 1 is 1.05 bits per heavy atom. The van der Waals surface area contributed by atoms with Crippen molar-refractivity contribution >= 4 is 23.2 Å². The summed E-state index contributed by atoms with van der Waals surface area (Å²) in [5, 5.41) is 1.22. The van der Waals surface area contributed by atoms with E-state index >= 15 is 0 Å². The molecule has 0 aliphatic rings. The van der Waals surface area contributed by atoms with Crippen LogP contribution >= 0.6 is 23.2 Å². The molecule has 0 radical (unpaired) electrons. The molecule has 3 heteroatoms. The van der Waals surface area contributed by atoms with Crippen LogP contribution in [0.25, 0.3) is 0 Å². The van der Waals surface area contributed by atoms with E-state index in [9.17, 15) is 0 Å². The van der Waals surface area contributed by atoms with E-state index in [0.717, 1.165) is 18.1 Å². The molecule has 0 aromatic heterocycles. The number of benzene rings is 1. The number of ether oxygens (including phenoxy) is 1. The Hall–Kier alpha value is -0.400. The standard InChI is InChI=1S/C16H24Cl2O/c1-12(2)5-4-6-13(3)9-10-19-16-8-7-14(17)11-15(16)18/h7-8,11-13H,4-6,9-10H2,1-3H3. The van der Waals surface area contributed by atoms with Gasteiger partial charge in [0.25, 0.3) is 0 Å². The first kappa shape index (κ1) is 16.7. The first-order valence-corrected chi connectivity index (χ1v) is 7.82. The van der Waals surface area contributed by atoms with Crippen molar-refractivity contribution in [2.24, 2.45) is 11.8 Å². The van der Waals surface area contributed by atoms with E-state index < -0.39 is 0 Å². The summed E-state index contributed by atoms with van der Waals surface area (Å²) in [7, 11) is 0. The van der Waals surface area contributed by atoms with E-state index in [4.69, 9.17) is 27.9 Å². The quantitative estimate of drug-likeness (QED) is 0.553. The molecule has 1 atom stereocenters.